The van der Waals surface area contributed by atoms with Gasteiger partial charge in [0.05, 0.1) is 17.0 Å². The Hall–Kier alpha value is -4.64. The van der Waals surface area contributed by atoms with E-state index in [0.717, 1.165) is 11.1 Å². The first-order chi connectivity index (χ1) is 17.1. The van der Waals surface area contributed by atoms with Gasteiger partial charge >= 0.3 is 0 Å². The molecule has 0 bridgehead atoms. The minimum absolute atomic E-state index is 0.0775. The Kier molecular flexibility index (Phi) is 4.96. The molecule has 0 spiro atoms. The second-order valence-corrected chi connectivity index (χ2v) is 8.57. The van der Waals surface area contributed by atoms with Crippen molar-refractivity contribution >= 4 is 22.6 Å². The van der Waals surface area contributed by atoms with Crippen LogP contribution in [-0.2, 0) is 0 Å². The maximum Gasteiger partial charge on any atom is 0.295 e. The molecule has 5 nitrogen and oxygen atoms in total. The predicted octanol–water partition coefficient (Wildman–Crippen LogP) is 6.64. The maximum absolute atomic E-state index is 13.7. The third-order valence-electron chi connectivity index (χ3n) is 6.24. The van der Waals surface area contributed by atoms with Crippen LogP contribution < -0.4 is 15.1 Å². The molecule has 0 N–H and O–H groups in total. The Balaban J connectivity index is 1.55. The number of benzene rings is 4. The quantitative estimate of drug-likeness (QED) is 0.302. The predicted molar refractivity (Wildman–Crippen MR) is 135 cm³/mol. The van der Waals surface area contributed by atoms with Crippen molar-refractivity contribution < 1.29 is 13.9 Å². The number of carbonyl (C=O) groups is 1. The van der Waals surface area contributed by atoms with E-state index in [9.17, 15) is 9.59 Å². The van der Waals surface area contributed by atoms with Gasteiger partial charge in [-0.2, -0.15) is 0 Å². The number of carbonyl (C=O) groups excluding carboxylic acids is 1. The highest BCUT2D eigenvalue weighted by molar-refractivity contribution is 6.10. The van der Waals surface area contributed by atoms with E-state index in [1.165, 1.54) is 0 Å². The van der Waals surface area contributed by atoms with Crippen LogP contribution in [0.15, 0.2) is 112 Å². The van der Waals surface area contributed by atoms with E-state index in [2.05, 4.69) is 0 Å². The molecule has 0 aliphatic carbocycles. The molecule has 170 valence electrons. The Labute approximate surface area is 201 Å². The SMILES string of the molecule is Cc1ccc(N2C(=O)c3oc4ccccc4c(=O)c3C2c2cccc(Oc3ccccc3)c2)cc1. The van der Waals surface area contributed by atoms with Crippen molar-refractivity contribution in [1.29, 1.82) is 0 Å². The summed E-state index contributed by atoms with van der Waals surface area (Å²) < 4.78 is 12.1. The van der Waals surface area contributed by atoms with E-state index in [-0.39, 0.29) is 17.1 Å². The molecule has 1 aliphatic heterocycles. The lowest BCUT2D eigenvalue weighted by molar-refractivity contribution is 0.0971. The number of ether oxygens (including phenoxy) is 1. The lowest BCUT2D eigenvalue weighted by Gasteiger charge is -2.25. The molecule has 4 aromatic carbocycles. The van der Waals surface area contributed by atoms with Crippen molar-refractivity contribution in [3.8, 4) is 11.5 Å². The average molecular weight is 460 g/mol. The molecule has 35 heavy (non-hydrogen) atoms. The summed E-state index contributed by atoms with van der Waals surface area (Å²) in [7, 11) is 0. The van der Waals surface area contributed by atoms with Crippen LogP contribution in [0.5, 0.6) is 11.5 Å². The summed E-state index contributed by atoms with van der Waals surface area (Å²) in [4.78, 5) is 29.0. The molecule has 0 radical (unpaired) electrons. The highest BCUT2D eigenvalue weighted by Gasteiger charge is 2.43. The van der Waals surface area contributed by atoms with Crippen molar-refractivity contribution in [2.45, 2.75) is 13.0 Å². The number of aryl methyl sites for hydroxylation is 1. The number of para-hydroxylation sites is 2. The number of fused-ring (bicyclic) bond motifs is 2. The van der Waals surface area contributed by atoms with Gasteiger partial charge < -0.3 is 9.15 Å². The summed E-state index contributed by atoms with van der Waals surface area (Å²) in [5.41, 5.74) is 3.06. The molecular weight excluding hydrogens is 438 g/mol. The van der Waals surface area contributed by atoms with Crippen molar-refractivity contribution in [3.63, 3.8) is 0 Å². The zero-order valence-corrected chi connectivity index (χ0v) is 19.0. The monoisotopic (exact) mass is 459 g/mol. The zero-order valence-electron chi connectivity index (χ0n) is 19.0. The van der Waals surface area contributed by atoms with Crippen LogP contribution in [0.4, 0.5) is 5.69 Å². The van der Waals surface area contributed by atoms with Gasteiger partial charge in [0.25, 0.3) is 5.91 Å². The van der Waals surface area contributed by atoms with Crippen LogP contribution in [0.25, 0.3) is 11.0 Å². The van der Waals surface area contributed by atoms with E-state index >= 15 is 0 Å². The van der Waals surface area contributed by atoms with E-state index in [1.54, 1.807) is 29.2 Å². The Morgan fingerprint density at radius 3 is 2.29 bits per heavy atom. The van der Waals surface area contributed by atoms with Crippen LogP contribution in [-0.4, -0.2) is 5.91 Å². The maximum atomic E-state index is 13.7. The Morgan fingerprint density at radius 1 is 0.771 bits per heavy atom. The van der Waals surface area contributed by atoms with Gasteiger partial charge in [-0.3, -0.25) is 14.5 Å². The zero-order chi connectivity index (χ0) is 23.9. The average Bonchev–Trinajstić information content (AvgIpc) is 3.18. The first-order valence-corrected chi connectivity index (χ1v) is 11.4. The minimum atomic E-state index is -0.652. The molecular formula is C30H21NO4. The summed E-state index contributed by atoms with van der Waals surface area (Å²) >= 11 is 0. The summed E-state index contributed by atoms with van der Waals surface area (Å²) in [5, 5.41) is 0.450. The van der Waals surface area contributed by atoms with Crippen molar-refractivity contribution in [1.82, 2.24) is 0 Å². The fourth-order valence-corrected chi connectivity index (χ4v) is 4.58. The van der Waals surface area contributed by atoms with Crippen LogP contribution in [0.3, 0.4) is 0 Å². The highest BCUT2D eigenvalue weighted by Crippen LogP contribution is 2.42. The highest BCUT2D eigenvalue weighted by atomic mass is 16.5. The number of amides is 1. The fourth-order valence-electron chi connectivity index (χ4n) is 4.58. The molecule has 1 atom stereocenters. The van der Waals surface area contributed by atoms with Crippen LogP contribution in [0.1, 0.15) is 33.3 Å². The van der Waals surface area contributed by atoms with Crippen molar-refractivity contribution in [2.24, 2.45) is 0 Å². The van der Waals surface area contributed by atoms with Gasteiger partial charge in [-0.05, 0) is 61.0 Å². The first kappa shape index (κ1) is 20.9. The molecule has 0 saturated heterocycles. The van der Waals surface area contributed by atoms with Gasteiger partial charge in [-0.25, -0.2) is 0 Å². The molecule has 0 fully saturated rings. The van der Waals surface area contributed by atoms with Gasteiger partial charge in [0, 0.05) is 5.69 Å². The smallest absolute Gasteiger partial charge is 0.295 e. The fraction of sp³-hybridized carbons (Fsp3) is 0.0667. The minimum Gasteiger partial charge on any atom is -0.457 e. The van der Waals surface area contributed by atoms with Crippen LogP contribution >= 0.6 is 0 Å². The molecule has 6 rings (SSSR count). The third kappa shape index (κ3) is 3.58. The Morgan fingerprint density at radius 2 is 1.49 bits per heavy atom. The number of anilines is 1. The summed E-state index contributed by atoms with van der Waals surface area (Å²) in [6.07, 6.45) is 0. The van der Waals surface area contributed by atoms with E-state index < -0.39 is 6.04 Å². The second kappa shape index (κ2) is 8.29. The Bertz CT molecular complexity index is 1620. The summed E-state index contributed by atoms with van der Waals surface area (Å²) in [6.45, 7) is 1.99. The summed E-state index contributed by atoms with van der Waals surface area (Å²) in [6, 6.07) is 31.0. The molecule has 1 unspecified atom stereocenters. The number of nitrogens with zero attached hydrogens (tertiary/aromatic N) is 1. The molecule has 5 aromatic rings. The molecule has 1 aliphatic rings. The molecule has 1 amide bonds. The van der Waals surface area contributed by atoms with Crippen molar-refractivity contribution in [2.75, 3.05) is 4.90 Å². The number of hydrogen-bond donors (Lipinski definition) is 0. The van der Waals surface area contributed by atoms with Crippen molar-refractivity contribution in [3.05, 3.63) is 136 Å². The lowest BCUT2D eigenvalue weighted by atomic mass is 9.98. The van der Waals surface area contributed by atoms with Crippen LogP contribution in [0, 0.1) is 6.92 Å². The van der Waals surface area contributed by atoms with Gasteiger partial charge in [-0.1, -0.05) is 60.2 Å². The standard InChI is InChI=1S/C30H21NO4/c1-19-14-16-21(17-15-19)31-27(20-8-7-11-23(18-20)34-22-9-3-2-4-10-22)26-28(32)24-12-5-6-13-25(24)35-29(26)30(31)33/h2-18,27H,1H3. The number of rotatable bonds is 4. The molecule has 5 heteroatoms. The first-order valence-electron chi connectivity index (χ1n) is 11.4. The van der Waals surface area contributed by atoms with E-state index in [1.807, 2.05) is 85.8 Å². The molecule has 1 aromatic heterocycles. The largest absolute Gasteiger partial charge is 0.457 e. The normalized spacial score (nSPS) is 14.8. The second-order valence-electron chi connectivity index (χ2n) is 8.57. The van der Waals surface area contributed by atoms with Gasteiger partial charge in [0.2, 0.25) is 5.76 Å². The van der Waals surface area contributed by atoms with Gasteiger partial charge in [0.15, 0.2) is 5.43 Å². The molecule has 0 saturated carbocycles. The van der Waals surface area contributed by atoms with E-state index in [4.69, 9.17) is 9.15 Å². The van der Waals surface area contributed by atoms with Gasteiger partial charge in [-0.15, -0.1) is 0 Å². The molecule has 2 heterocycles. The van der Waals surface area contributed by atoms with Gasteiger partial charge in [0.1, 0.15) is 17.1 Å². The van der Waals surface area contributed by atoms with Crippen LogP contribution in [0.2, 0.25) is 0 Å². The van der Waals surface area contributed by atoms with E-state index in [0.29, 0.717) is 33.7 Å². The topological polar surface area (TPSA) is 59.8 Å². The number of hydrogen-bond acceptors (Lipinski definition) is 4. The summed E-state index contributed by atoms with van der Waals surface area (Å²) in [5.74, 6) is 1.05. The lowest BCUT2D eigenvalue weighted by Crippen LogP contribution is -2.29. The third-order valence-corrected chi connectivity index (χ3v) is 6.24.